The molecule has 0 aliphatic rings. The van der Waals surface area contributed by atoms with E-state index in [4.69, 9.17) is 0 Å². The maximum absolute atomic E-state index is 12.0. The Labute approximate surface area is 134 Å². The number of rotatable bonds is 7. The molecule has 0 fully saturated rings. The van der Waals surface area contributed by atoms with Crippen molar-refractivity contribution < 1.29 is 14.7 Å². The highest BCUT2D eigenvalue weighted by atomic mass is 16.4. The minimum absolute atomic E-state index is 0.0694. The second kappa shape index (κ2) is 7.53. The fourth-order valence-electron chi connectivity index (χ4n) is 2.14. The topological polar surface area (TPSA) is 97.1 Å². The molecule has 0 aliphatic carbocycles. The lowest BCUT2D eigenvalue weighted by atomic mass is 9.99. The maximum atomic E-state index is 12.0. The van der Waals surface area contributed by atoms with E-state index in [1.807, 2.05) is 37.3 Å². The van der Waals surface area contributed by atoms with E-state index in [0.717, 1.165) is 5.56 Å². The van der Waals surface area contributed by atoms with Gasteiger partial charge in [-0.3, -0.25) is 4.79 Å². The van der Waals surface area contributed by atoms with Crippen LogP contribution in [0.5, 0.6) is 0 Å². The number of nitrogens with zero attached hydrogens (tertiary/aromatic N) is 3. The first kappa shape index (κ1) is 16.7. The van der Waals surface area contributed by atoms with Crippen molar-refractivity contribution in [3.05, 3.63) is 36.7 Å². The summed E-state index contributed by atoms with van der Waals surface area (Å²) in [5.41, 5.74) is 0.856. The average Bonchev–Trinajstić information content (AvgIpc) is 3.01. The Balaban J connectivity index is 2.01. The van der Waals surface area contributed by atoms with Crippen molar-refractivity contribution >= 4 is 11.9 Å². The van der Waals surface area contributed by atoms with Crippen molar-refractivity contribution in [3.63, 3.8) is 0 Å². The van der Waals surface area contributed by atoms with Crippen LogP contribution in [0.25, 0.3) is 11.4 Å². The van der Waals surface area contributed by atoms with Crippen LogP contribution in [0.2, 0.25) is 0 Å². The summed E-state index contributed by atoms with van der Waals surface area (Å²) in [5, 5.41) is 16.0. The van der Waals surface area contributed by atoms with Crippen molar-refractivity contribution in [2.75, 3.05) is 0 Å². The molecule has 0 bridgehead atoms. The molecular formula is C16H20N4O3. The van der Waals surface area contributed by atoms with Crippen molar-refractivity contribution in [1.82, 2.24) is 20.1 Å². The Bertz CT molecular complexity index is 669. The van der Waals surface area contributed by atoms with Crippen molar-refractivity contribution in [1.29, 1.82) is 0 Å². The van der Waals surface area contributed by atoms with Gasteiger partial charge >= 0.3 is 5.97 Å². The molecule has 0 radical (unpaired) electrons. The summed E-state index contributed by atoms with van der Waals surface area (Å²) < 4.78 is 1.40. The number of aliphatic carboxylic acids is 1. The van der Waals surface area contributed by atoms with E-state index in [1.165, 1.54) is 11.0 Å². The fourth-order valence-corrected chi connectivity index (χ4v) is 2.14. The van der Waals surface area contributed by atoms with E-state index in [2.05, 4.69) is 15.4 Å². The Morgan fingerprint density at radius 2 is 2.00 bits per heavy atom. The zero-order valence-electron chi connectivity index (χ0n) is 13.1. The molecule has 1 amide bonds. The van der Waals surface area contributed by atoms with Crippen LogP contribution in [-0.4, -0.2) is 37.8 Å². The lowest BCUT2D eigenvalue weighted by molar-refractivity contribution is -0.143. The molecule has 2 rings (SSSR count). The standard InChI is InChI=1S/C16H20N4O3/c1-3-11(2)14(16(22)23)18-13(21)9-20-10-17-15(19-20)12-7-5-4-6-8-12/h4-8,10-11,14H,3,9H2,1-2H3,(H,18,21)(H,22,23)/t11-,14-/m0/s1. The van der Waals surface area contributed by atoms with Gasteiger partial charge in [-0.1, -0.05) is 50.6 Å². The molecule has 7 nitrogen and oxygen atoms in total. The highest BCUT2D eigenvalue weighted by molar-refractivity contribution is 5.83. The van der Waals surface area contributed by atoms with Crippen LogP contribution in [0.15, 0.2) is 36.7 Å². The van der Waals surface area contributed by atoms with Crippen LogP contribution < -0.4 is 5.32 Å². The van der Waals surface area contributed by atoms with Gasteiger partial charge in [-0.15, -0.1) is 0 Å². The number of carboxylic acids is 1. The van der Waals surface area contributed by atoms with Gasteiger partial charge in [0, 0.05) is 5.56 Å². The predicted molar refractivity (Wildman–Crippen MR) is 84.5 cm³/mol. The molecule has 0 saturated heterocycles. The molecule has 23 heavy (non-hydrogen) atoms. The molecule has 2 N–H and O–H groups in total. The number of carbonyl (C=O) groups excluding carboxylic acids is 1. The summed E-state index contributed by atoms with van der Waals surface area (Å²) in [6.45, 7) is 3.61. The van der Waals surface area contributed by atoms with E-state index in [9.17, 15) is 14.7 Å². The zero-order valence-corrected chi connectivity index (χ0v) is 13.1. The third-order valence-corrected chi connectivity index (χ3v) is 3.67. The summed E-state index contributed by atoms with van der Waals surface area (Å²) in [6.07, 6.45) is 2.12. The number of benzene rings is 1. The highest BCUT2D eigenvalue weighted by Gasteiger charge is 2.25. The van der Waals surface area contributed by atoms with Crippen LogP contribution in [0.4, 0.5) is 0 Å². The molecule has 2 atom stereocenters. The van der Waals surface area contributed by atoms with Crippen LogP contribution in [0, 0.1) is 5.92 Å². The van der Waals surface area contributed by atoms with Gasteiger partial charge < -0.3 is 10.4 Å². The second-order valence-corrected chi connectivity index (χ2v) is 5.40. The molecular weight excluding hydrogens is 296 g/mol. The predicted octanol–water partition coefficient (Wildman–Crippen LogP) is 1.56. The molecule has 0 aliphatic heterocycles. The Morgan fingerprint density at radius 3 is 2.61 bits per heavy atom. The largest absolute Gasteiger partial charge is 0.480 e. The summed E-state index contributed by atoms with van der Waals surface area (Å²) in [4.78, 5) is 27.4. The first-order chi connectivity index (χ1) is 11.0. The summed E-state index contributed by atoms with van der Waals surface area (Å²) in [5.74, 6) is -1.05. The molecule has 122 valence electrons. The maximum Gasteiger partial charge on any atom is 0.326 e. The van der Waals surface area contributed by atoms with Gasteiger partial charge in [0.1, 0.15) is 18.9 Å². The van der Waals surface area contributed by atoms with Crippen molar-refractivity contribution in [2.24, 2.45) is 5.92 Å². The molecule has 1 aromatic heterocycles. The summed E-state index contributed by atoms with van der Waals surface area (Å²) in [6, 6.07) is 8.52. The summed E-state index contributed by atoms with van der Waals surface area (Å²) in [7, 11) is 0. The lowest BCUT2D eigenvalue weighted by Gasteiger charge is -2.19. The number of nitrogens with one attached hydrogen (secondary N) is 1. The zero-order chi connectivity index (χ0) is 16.8. The summed E-state index contributed by atoms with van der Waals surface area (Å²) >= 11 is 0. The minimum Gasteiger partial charge on any atom is -0.480 e. The van der Waals surface area contributed by atoms with Crippen LogP contribution >= 0.6 is 0 Å². The van der Waals surface area contributed by atoms with E-state index in [1.54, 1.807) is 6.92 Å². The highest BCUT2D eigenvalue weighted by Crippen LogP contribution is 2.13. The molecule has 7 heteroatoms. The SMILES string of the molecule is CC[C@H](C)[C@H](NC(=O)Cn1cnc(-c2ccccc2)n1)C(=O)O. The molecule has 2 aromatic rings. The lowest BCUT2D eigenvalue weighted by Crippen LogP contribution is -2.46. The normalized spacial score (nSPS) is 13.3. The van der Waals surface area contributed by atoms with Crippen LogP contribution in [-0.2, 0) is 16.1 Å². The van der Waals surface area contributed by atoms with Gasteiger partial charge in [0.2, 0.25) is 5.91 Å². The smallest absolute Gasteiger partial charge is 0.326 e. The first-order valence-corrected chi connectivity index (χ1v) is 7.48. The first-order valence-electron chi connectivity index (χ1n) is 7.48. The average molecular weight is 316 g/mol. The van der Waals surface area contributed by atoms with Gasteiger partial charge in [-0.05, 0) is 5.92 Å². The molecule has 0 spiro atoms. The van der Waals surface area contributed by atoms with Crippen LogP contribution in [0.1, 0.15) is 20.3 Å². The molecule has 0 saturated carbocycles. The quantitative estimate of drug-likeness (QED) is 0.808. The Hall–Kier alpha value is -2.70. The van der Waals surface area contributed by atoms with Gasteiger partial charge in [0.25, 0.3) is 0 Å². The third-order valence-electron chi connectivity index (χ3n) is 3.67. The van der Waals surface area contributed by atoms with E-state index in [0.29, 0.717) is 12.2 Å². The molecule has 1 heterocycles. The minimum atomic E-state index is -1.03. The number of amides is 1. The Kier molecular flexibility index (Phi) is 5.46. The molecule has 0 unspecified atom stereocenters. The van der Waals surface area contributed by atoms with E-state index < -0.39 is 17.9 Å². The number of carboxylic acid groups (broad SMARTS) is 1. The van der Waals surface area contributed by atoms with Gasteiger partial charge in [0.15, 0.2) is 5.82 Å². The fraction of sp³-hybridized carbons (Fsp3) is 0.375. The van der Waals surface area contributed by atoms with E-state index in [-0.39, 0.29) is 12.5 Å². The number of carbonyl (C=O) groups is 2. The van der Waals surface area contributed by atoms with Crippen molar-refractivity contribution in [2.45, 2.75) is 32.9 Å². The third kappa shape index (κ3) is 4.38. The number of hydrogen-bond acceptors (Lipinski definition) is 4. The number of aromatic nitrogens is 3. The monoisotopic (exact) mass is 316 g/mol. The molecule has 1 aromatic carbocycles. The van der Waals surface area contributed by atoms with Gasteiger partial charge in [-0.25, -0.2) is 14.5 Å². The Morgan fingerprint density at radius 1 is 1.30 bits per heavy atom. The van der Waals surface area contributed by atoms with Crippen molar-refractivity contribution in [3.8, 4) is 11.4 Å². The van der Waals surface area contributed by atoms with Gasteiger partial charge in [-0.2, -0.15) is 5.10 Å². The van der Waals surface area contributed by atoms with Gasteiger partial charge in [0.05, 0.1) is 0 Å². The number of hydrogen-bond donors (Lipinski definition) is 2. The second-order valence-electron chi connectivity index (χ2n) is 5.40. The van der Waals surface area contributed by atoms with E-state index >= 15 is 0 Å². The van der Waals surface area contributed by atoms with Crippen LogP contribution in [0.3, 0.4) is 0 Å².